The third-order valence-corrected chi connectivity index (χ3v) is 4.22. The molecule has 0 spiro atoms. The molecule has 20 heavy (non-hydrogen) atoms. The van der Waals surface area contributed by atoms with E-state index in [9.17, 15) is 4.79 Å². The minimum Gasteiger partial charge on any atom is -0.339 e. The van der Waals surface area contributed by atoms with Crippen LogP contribution in [0.4, 0.5) is 0 Å². The van der Waals surface area contributed by atoms with Crippen LogP contribution in [0.5, 0.6) is 0 Å². The van der Waals surface area contributed by atoms with E-state index < -0.39 is 0 Å². The zero-order valence-corrected chi connectivity index (χ0v) is 12.2. The number of hydrogen-bond acceptors (Lipinski definition) is 5. The molecular weight excluding hydrogens is 272 g/mol. The van der Waals surface area contributed by atoms with E-state index >= 15 is 0 Å². The Kier molecular flexibility index (Phi) is 3.87. The van der Waals surface area contributed by atoms with Gasteiger partial charge in [-0.25, -0.2) is 0 Å². The SMILES string of the molecule is Cc1cccc(SCc2noc(CC(=O)C3CC3)n2)c1. The molecule has 1 aliphatic carbocycles. The number of ketones is 1. The van der Waals surface area contributed by atoms with Gasteiger partial charge in [0.05, 0.1) is 12.2 Å². The van der Waals surface area contributed by atoms with Gasteiger partial charge in [-0.15, -0.1) is 11.8 Å². The van der Waals surface area contributed by atoms with E-state index in [2.05, 4.69) is 35.3 Å². The predicted molar refractivity (Wildman–Crippen MR) is 76.5 cm³/mol. The summed E-state index contributed by atoms with van der Waals surface area (Å²) in [6.45, 7) is 2.07. The van der Waals surface area contributed by atoms with Crippen LogP contribution in [-0.2, 0) is 17.0 Å². The fourth-order valence-electron chi connectivity index (χ4n) is 1.97. The van der Waals surface area contributed by atoms with Crippen molar-refractivity contribution in [2.75, 3.05) is 0 Å². The van der Waals surface area contributed by atoms with Crippen molar-refractivity contribution >= 4 is 17.5 Å². The number of carbonyl (C=O) groups excluding carboxylic acids is 1. The van der Waals surface area contributed by atoms with Crippen LogP contribution in [0, 0.1) is 12.8 Å². The van der Waals surface area contributed by atoms with Crippen LogP contribution in [0.3, 0.4) is 0 Å². The van der Waals surface area contributed by atoms with Gasteiger partial charge in [0.1, 0.15) is 5.78 Å². The average Bonchev–Trinajstić information content (AvgIpc) is 3.19. The summed E-state index contributed by atoms with van der Waals surface area (Å²) in [5.74, 6) is 2.22. The Morgan fingerprint density at radius 2 is 2.30 bits per heavy atom. The third-order valence-electron chi connectivity index (χ3n) is 3.23. The van der Waals surface area contributed by atoms with Crippen molar-refractivity contribution in [1.82, 2.24) is 10.1 Å². The molecule has 1 aromatic carbocycles. The monoisotopic (exact) mass is 288 g/mol. The molecule has 2 aromatic rings. The Labute approximate surface area is 122 Å². The lowest BCUT2D eigenvalue weighted by Crippen LogP contribution is -2.04. The van der Waals surface area contributed by atoms with Gasteiger partial charge >= 0.3 is 0 Å². The lowest BCUT2D eigenvalue weighted by molar-refractivity contribution is -0.119. The van der Waals surface area contributed by atoms with Gasteiger partial charge in [-0.3, -0.25) is 4.79 Å². The van der Waals surface area contributed by atoms with Crippen LogP contribution < -0.4 is 0 Å². The normalized spacial score (nSPS) is 14.4. The minimum absolute atomic E-state index is 0.228. The molecule has 0 unspecified atom stereocenters. The number of benzene rings is 1. The first-order valence-electron chi connectivity index (χ1n) is 6.74. The number of hydrogen-bond donors (Lipinski definition) is 0. The molecule has 0 saturated heterocycles. The van der Waals surface area contributed by atoms with Gasteiger partial charge in [0.25, 0.3) is 0 Å². The van der Waals surface area contributed by atoms with Crippen LogP contribution >= 0.6 is 11.8 Å². The standard InChI is InChI=1S/C15H16N2O2S/c1-10-3-2-4-12(7-10)20-9-14-16-15(19-17-14)8-13(18)11-5-6-11/h2-4,7,11H,5-6,8-9H2,1H3. The number of thioether (sulfide) groups is 1. The van der Waals surface area contributed by atoms with E-state index in [1.165, 1.54) is 10.5 Å². The number of carbonyl (C=O) groups is 1. The van der Waals surface area contributed by atoms with Gasteiger partial charge < -0.3 is 4.52 Å². The zero-order valence-electron chi connectivity index (χ0n) is 11.3. The number of nitrogens with zero attached hydrogens (tertiary/aromatic N) is 2. The summed E-state index contributed by atoms with van der Waals surface area (Å²) in [4.78, 5) is 17.1. The lowest BCUT2D eigenvalue weighted by Gasteiger charge is -1.99. The predicted octanol–water partition coefficient (Wildman–Crippen LogP) is 3.19. The van der Waals surface area contributed by atoms with Gasteiger partial charge in [-0.1, -0.05) is 22.9 Å². The molecule has 0 atom stereocenters. The van der Waals surface area contributed by atoms with Crippen LogP contribution in [0.1, 0.15) is 30.1 Å². The minimum atomic E-state index is 0.228. The molecule has 0 N–H and O–H groups in total. The summed E-state index contributed by atoms with van der Waals surface area (Å²) in [6.07, 6.45) is 2.32. The number of rotatable bonds is 6. The summed E-state index contributed by atoms with van der Waals surface area (Å²) < 4.78 is 5.13. The van der Waals surface area contributed by atoms with E-state index in [-0.39, 0.29) is 18.1 Å². The molecule has 5 heteroatoms. The quantitative estimate of drug-likeness (QED) is 0.764. The summed E-state index contributed by atoms with van der Waals surface area (Å²) in [5, 5.41) is 3.93. The van der Waals surface area contributed by atoms with Crippen molar-refractivity contribution in [2.45, 2.75) is 36.8 Å². The van der Waals surface area contributed by atoms with Crippen molar-refractivity contribution in [3.8, 4) is 0 Å². The Bertz CT molecular complexity index is 620. The summed E-state index contributed by atoms with van der Waals surface area (Å²) in [7, 11) is 0. The highest BCUT2D eigenvalue weighted by Crippen LogP contribution is 2.30. The van der Waals surface area contributed by atoms with Gasteiger partial charge in [-0.05, 0) is 31.9 Å². The molecule has 0 aliphatic heterocycles. The summed E-state index contributed by atoms with van der Waals surface area (Å²) in [5.41, 5.74) is 1.24. The molecule has 104 valence electrons. The largest absolute Gasteiger partial charge is 0.339 e. The topological polar surface area (TPSA) is 56.0 Å². The Hall–Kier alpha value is -1.62. The Balaban J connectivity index is 1.55. The highest BCUT2D eigenvalue weighted by atomic mass is 32.2. The molecule has 1 heterocycles. The molecule has 1 fully saturated rings. The van der Waals surface area contributed by atoms with E-state index in [4.69, 9.17) is 4.52 Å². The van der Waals surface area contributed by atoms with E-state index in [1.807, 2.05) is 6.07 Å². The molecule has 3 rings (SSSR count). The molecule has 0 bridgehead atoms. The highest BCUT2D eigenvalue weighted by molar-refractivity contribution is 7.98. The average molecular weight is 288 g/mol. The number of Topliss-reactive ketones (excluding diaryl/α,β-unsaturated/α-hetero) is 1. The molecule has 1 aromatic heterocycles. The summed E-state index contributed by atoms with van der Waals surface area (Å²) in [6, 6.07) is 8.30. The van der Waals surface area contributed by atoms with Crippen LogP contribution in [-0.4, -0.2) is 15.9 Å². The zero-order chi connectivity index (χ0) is 13.9. The maximum absolute atomic E-state index is 11.7. The first kappa shape index (κ1) is 13.4. The van der Waals surface area contributed by atoms with Crippen molar-refractivity contribution in [2.24, 2.45) is 5.92 Å². The third kappa shape index (κ3) is 3.48. The molecule has 4 nitrogen and oxygen atoms in total. The number of aromatic nitrogens is 2. The van der Waals surface area contributed by atoms with Crippen LogP contribution in [0.2, 0.25) is 0 Å². The first-order valence-corrected chi connectivity index (χ1v) is 7.73. The molecule has 0 amide bonds. The van der Waals surface area contributed by atoms with Gasteiger partial charge in [0.2, 0.25) is 5.89 Å². The van der Waals surface area contributed by atoms with Gasteiger partial charge in [0, 0.05) is 10.8 Å². The van der Waals surface area contributed by atoms with E-state index in [0.717, 1.165) is 12.8 Å². The van der Waals surface area contributed by atoms with Crippen molar-refractivity contribution in [3.05, 3.63) is 41.5 Å². The second-order valence-electron chi connectivity index (χ2n) is 5.13. The Morgan fingerprint density at radius 1 is 1.45 bits per heavy atom. The van der Waals surface area contributed by atoms with Crippen molar-refractivity contribution < 1.29 is 9.32 Å². The fraction of sp³-hybridized carbons (Fsp3) is 0.400. The lowest BCUT2D eigenvalue weighted by atomic mass is 10.2. The maximum atomic E-state index is 11.7. The van der Waals surface area contributed by atoms with Crippen LogP contribution in [0.15, 0.2) is 33.7 Å². The van der Waals surface area contributed by atoms with E-state index in [1.54, 1.807) is 11.8 Å². The van der Waals surface area contributed by atoms with Gasteiger partial charge in [0.15, 0.2) is 5.82 Å². The van der Waals surface area contributed by atoms with Crippen molar-refractivity contribution in [3.63, 3.8) is 0 Å². The summed E-state index contributed by atoms with van der Waals surface area (Å²) >= 11 is 1.67. The smallest absolute Gasteiger partial charge is 0.234 e. The molecule has 1 saturated carbocycles. The van der Waals surface area contributed by atoms with Crippen LogP contribution in [0.25, 0.3) is 0 Å². The highest BCUT2D eigenvalue weighted by Gasteiger charge is 2.30. The second kappa shape index (κ2) is 5.79. The molecule has 0 radical (unpaired) electrons. The maximum Gasteiger partial charge on any atom is 0.234 e. The fourth-order valence-corrected chi connectivity index (χ4v) is 2.83. The Morgan fingerprint density at radius 3 is 3.05 bits per heavy atom. The second-order valence-corrected chi connectivity index (χ2v) is 6.18. The molecular formula is C15H16N2O2S. The van der Waals surface area contributed by atoms with E-state index in [0.29, 0.717) is 17.5 Å². The molecule has 1 aliphatic rings. The number of aryl methyl sites for hydroxylation is 1. The van der Waals surface area contributed by atoms with Crippen molar-refractivity contribution in [1.29, 1.82) is 0 Å². The first-order chi connectivity index (χ1) is 9.70. The van der Waals surface area contributed by atoms with Gasteiger partial charge in [-0.2, -0.15) is 4.98 Å².